The van der Waals surface area contributed by atoms with Crippen LogP contribution in [0.25, 0.3) is 0 Å². The lowest BCUT2D eigenvalue weighted by Gasteiger charge is -2.28. The molecule has 7 heteroatoms. The molecule has 6 nitrogen and oxygen atoms in total. The van der Waals surface area contributed by atoms with Crippen LogP contribution in [0.2, 0.25) is 0 Å². The highest BCUT2D eigenvalue weighted by molar-refractivity contribution is 7.92. The lowest BCUT2D eigenvalue weighted by atomic mass is 10.2. The van der Waals surface area contributed by atoms with Crippen molar-refractivity contribution < 1.29 is 13.2 Å². The van der Waals surface area contributed by atoms with Crippen molar-refractivity contribution in [3.8, 4) is 0 Å². The fourth-order valence-electron chi connectivity index (χ4n) is 2.66. The molecule has 0 unspecified atom stereocenters. The van der Waals surface area contributed by atoms with Gasteiger partial charge < -0.3 is 5.32 Å². The number of hydrogen-bond donors (Lipinski definition) is 1. The predicted molar refractivity (Wildman–Crippen MR) is 92.2 cm³/mol. The van der Waals surface area contributed by atoms with Crippen LogP contribution >= 0.6 is 0 Å². The van der Waals surface area contributed by atoms with Gasteiger partial charge in [-0.2, -0.15) is 0 Å². The van der Waals surface area contributed by atoms with Crippen LogP contribution in [0.3, 0.4) is 0 Å². The van der Waals surface area contributed by atoms with Gasteiger partial charge in [-0.15, -0.1) is 0 Å². The number of anilines is 1. The summed E-state index contributed by atoms with van der Waals surface area (Å²) in [6.07, 6.45) is 3.18. The van der Waals surface area contributed by atoms with E-state index in [-0.39, 0.29) is 11.7 Å². The van der Waals surface area contributed by atoms with Gasteiger partial charge in [0.25, 0.3) is 5.91 Å². The third kappa shape index (κ3) is 3.73. The second kappa shape index (κ2) is 7.00. The molecular formula is C17H19N3O3S. The van der Waals surface area contributed by atoms with E-state index in [1.54, 1.807) is 30.5 Å². The monoisotopic (exact) mass is 345 g/mol. The molecule has 3 rings (SSSR count). The van der Waals surface area contributed by atoms with Crippen molar-refractivity contribution in [2.75, 3.05) is 16.6 Å². The molecule has 1 aliphatic rings. The van der Waals surface area contributed by atoms with E-state index in [1.807, 2.05) is 18.2 Å². The molecule has 1 aromatic heterocycles. The fourth-order valence-corrected chi connectivity index (χ4v) is 4.29. The van der Waals surface area contributed by atoms with E-state index in [0.717, 1.165) is 12.1 Å². The molecule has 0 saturated carbocycles. The zero-order chi connectivity index (χ0) is 17.0. The zero-order valence-corrected chi connectivity index (χ0v) is 14.0. The van der Waals surface area contributed by atoms with Crippen molar-refractivity contribution in [1.82, 2.24) is 10.3 Å². The molecule has 1 saturated heterocycles. The average molecular weight is 345 g/mol. The lowest BCUT2D eigenvalue weighted by Crippen LogP contribution is -2.38. The first-order valence-corrected chi connectivity index (χ1v) is 9.46. The van der Waals surface area contributed by atoms with E-state index in [2.05, 4.69) is 10.3 Å². The lowest BCUT2D eigenvalue weighted by molar-refractivity contribution is 0.0950. The minimum absolute atomic E-state index is 0.156. The van der Waals surface area contributed by atoms with Gasteiger partial charge in [-0.25, -0.2) is 8.42 Å². The number of benzene rings is 1. The van der Waals surface area contributed by atoms with Crippen LogP contribution in [-0.4, -0.2) is 31.6 Å². The van der Waals surface area contributed by atoms with E-state index in [4.69, 9.17) is 0 Å². The maximum absolute atomic E-state index is 12.3. The maximum atomic E-state index is 12.3. The first-order chi connectivity index (χ1) is 11.6. The molecule has 126 valence electrons. The molecule has 1 fully saturated rings. The zero-order valence-electron chi connectivity index (χ0n) is 13.2. The van der Waals surface area contributed by atoms with Gasteiger partial charge in [0.1, 0.15) is 0 Å². The maximum Gasteiger partial charge on any atom is 0.251 e. The Labute approximate surface area is 141 Å². The molecule has 2 heterocycles. The number of sulfonamides is 1. The molecule has 2 aromatic rings. The van der Waals surface area contributed by atoms with E-state index in [9.17, 15) is 13.2 Å². The molecule has 0 bridgehead atoms. The molecule has 0 radical (unpaired) electrons. The molecule has 0 aliphatic carbocycles. The average Bonchev–Trinajstić information content (AvgIpc) is 2.60. The van der Waals surface area contributed by atoms with Crippen molar-refractivity contribution in [2.45, 2.75) is 19.4 Å². The number of hydrogen-bond acceptors (Lipinski definition) is 4. The molecule has 0 spiro atoms. The van der Waals surface area contributed by atoms with Crippen LogP contribution in [0.15, 0.2) is 48.7 Å². The van der Waals surface area contributed by atoms with E-state index in [0.29, 0.717) is 30.8 Å². The van der Waals surface area contributed by atoms with Gasteiger partial charge >= 0.3 is 0 Å². The Morgan fingerprint density at radius 2 is 2.04 bits per heavy atom. The van der Waals surface area contributed by atoms with Crippen LogP contribution in [-0.2, 0) is 16.6 Å². The highest BCUT2D eigenvalue weighted by atomic mass is 32.2. The molecule has 24 heavy (non-hydrogen) atoms. The molecule has 1 aromatic carbocycles. The number of rotatable bonds is 4. The SMILES string of the molecule is O=C(NCc1ccccn1)c1cccc(N2CCCCS2(=O)=O)c1. The predicted octanol–water partition coefficient (Wildman–Crippen LogP) is 1.94. The van der Waals surface area contributed by atoms with Crippen LogP contribution in [0.4, 0.5) is 5.69 Å². The summed E-state index contributed by atoms with van der Waals surface area (Å²) in [6, 6.07) is 12.2. The van der Waals surface area contributed by atoms with Crippen molar-refractivity contribution in [3.05, 3.63) is 59.9 Å². The van der Waals surface area contributed by atoms with Gasteiger partial charge in [0.15, 0.2) is 0 Å². The number of carbonyl (C=O) groups is 1. The van der Waals surface area contributed by atoms with Gasteiger partial charge in [-0.3, -0.25) is 14.1 Å². The number of amides is 1. The largest absolute Gasteiger partial charge is 0.346 e. The molecule has 1 amide bonds. The van der Waals surface area contributed by atoms with Gasteiger partial charge in [-0.1, -0.05) is 12.1 Å². The standard InChI is InChI=1S/C17H19N3O3S/c21-17(19-13-15-7-1-2-9-18-15)14-6-5-8-16(12-14)20-10-3-4-11-24(20,22)23/h1-2,5-9,12H,3-4,10-11,13H2,(H,19,21). The smallest absolute Gasteiger partial charge is 0.251 e. The normalized spacial score (nSPS) is 16.6. The first kappa shape index (κ1) is 16.4. The van der Waals surface area contributed by atoms with Crippen molar-refractivity contribution in [2.24, 2.45) is 0 Å². The van der Waals surface area contributed by atoms with Crippen molar-refractivity contribution in [3.63, 3.8) is 0 Å². The van der Waals surface area contributed by atoms with Gasteiger partial charge in [0, 0.05) is 18.3 Å². The second-order valence-electron chi connectivity index (χ2n) is 5.65. The third-order valence-corrected chi connectivity index (χ3v) is 5.77. The van der Waals surface area contributed by atoms with Crippen molar-refractivity contribution in [1.29, 1.82) is 0 Å². The second-order valence-corrected chi connectivity index (χ2v) is 7.66. The van der Waals surface area contributed by atoms with E-state index >= 15 is 0 Å². The fraction of sp³-hybridized carbons (Fsp3) is 0.294. The Balaban J connectivity index is 1.74. The van der Waals surface area contributed by atoms with Crippen LogP contribution in [0, 0.1) is 0 Å². The first-order valence-electron chi connectivity index (χ1n) is 7.85. The Kier molecular flexibility index (Phi) is 4.80. The summed E-state index contributed by atoms with van der Waals surface area (Å²) in [5.74, 6) is -0.0970. The van der Waals surface area contributed by atoms with Crippen LogP contribution < -0.4 is 9.62 Å². The highest BCUT2D eigenvalue weighted by Gasteiger charge is 2.26. The minimum atomic E-state index is -3.28. The molecule has 0 atom stereocenters. The quantitative estimate of drug-likeness (QED) is 0.918. The van der Waals surface area contributed by atoms with Gasteiger partial charge in [0.2, 0.25) is 10.0 Å². The number of carbonyl (C=O) groups excluding carboxylic acids is 1. The molecule has 1 aliphatic heterocycles. The highest BCUT2D eigenvalue weighted by Crippen LogP contribution is 2.24. The van der Waals surface area contributed by atoms with Crippen molar-refractivity contribution >= 4 is 21.6 Å². The van der Waals surface area contributed by atoms with Gasteiger partial charge in [-0.05, 0) is 43.2 Å². The minimum Gasteiger partial charge on any atom is -0.346 e. The summed E-state index contributed by atoms with van der Waals surface area (Å²) in [5.41, 5.74) is 1.74. The Hall–Kier alpha value is -2.41. The Bertz CT molecular complexity index is 822. The summed E-state index contributed by atoms with van der Waals surface area (Å²) in [6.45, 7) is 0.785. The molecular weight excluding hydrogens is 326 g/mol. The molecule has 1 N–H and O–H groups in total. The third-order valence-electron chi connectivity index (χ3n) is 3.90. The van der Waals surface area contributed by atoms with E-state index < -0.39 is 10.0 Å². The van der Waals surface area contributed by atoms with Gasteiger partial charge in [0.05, 0.1) is 23.7 Å². The van der Waals surface area contributed by atoms with E-state index in [1.165, 1.54) is 4.31 Å². The summed E-state index contributed by atoms with van der Waals surface area (Å²) in [7, 11) is -3.28. The Morgan fingerprint density at radius 1 is 1.17 bits per heavy atom. The summed E-state index contributed by atoms with van der Waals surface area (Å²) < 4.78 is 25.8. The number of aromatic nitrogens is 1. The van der Waals surface area contributed by atoms with Crippen LogP contribution in [0.1, 0.15) is 28.9 Å². The summed E-state index contributed by atoms with van der Waals surface area (Å²) in [5, 5.41) is 2.80. The summed E-state index contributed by atoms with van der Waals surface area (Å²) >= 11 is 0. The number of nitrogens with one attached hydrogen (secondary N) is 1. The Morgan fingerprint density at radius 3 is 2.79 bits per heavy atom. The van der Waals surface area contributed by atoms with Crippen LogP contribution in [0.5, 0.6) is 0 Å². The topological polar surface area (TPSA) is 79.4 Å². The summed E-state index contributed by atoms with van der Waals surface area (Å²) in [4.78, 5) is 16.5. The number of pyridine rings is 1. The number of nitrogens with zero attached hydrogens (tertiary/aromatic N) is 2.